The van der Waals surface area contributed by atoms with Crippen molar-refractivity contribution >= 4 is 75.1 Å². The van der Waals surface area contributed by atoms with Gasteiger partial charge in [-0.1, -0.05) is 146 Å². The number of hydrogen-bond donors (Lipinski definition) is 0. The Hall–Kier alpha value is -7.20. The van der Waals surface area contributed by atoms with Crippen molar-refractivity contribution < 1.29 is 0 Å². The van der Waals surface area contributed by atoms with Crippen molar-refractivity contribution in [2.45, 2.75) is 5.41 Å². The summed E-state index contributed by atoms with van der Waals surface area (Å²) in [4.78, 5) is 0. The molecule has 0 unspecified atom stereocenters. The number of nitrogens with zero attached hydrogens (tertiary/aromatic N) is 2. The minimum absolute atomic E-state index is 0.481. The Morgan fingerprint density at radius 2 is 0.931 bits per heavy atom. The SMILES string of the molecule is c1ccc(-n2c3cc4c(cc3c3c5c(ccc32)sc2ccccc25)c2ccccc2n4-c2cccc(C3(c4ccccc4)c4ccccc4-c4ccccc43)c2)cc1. The van der Waals surface area contributed by atoms with Gasteiger partial charge in [0.1, 0.15) is 0 Å². The van der Waals surface area contributed by atoms with E-state index in [9.17, 15) is 0 Å². The molecular formula is C55H34N2S. The van der Waals surface area contributed by atoms with Crippen LogP contribution in [0.4, 0.5) is 0 Å². The third-order valence-electron chi connectivity index (χ3n) is 12.8. The Bertz CT molecular complexity index is 3580. The smallest absolute Gasteiger partial charge is 0.0714 e. The first-order valence-corrected chi connectivity index (χ1v) is 20.8. The number of fused-ring (bicyclic) bond motifs is 13. The molecule has 0 spiro atoms. The van der Waals surface area contributed by atoms with Gasteiger partial charge in [-0.05, 0) is 94.0 Å². The molecule has 0 amide bonds. The van der Waals surface area contributed by atoms with Crippen molar-refractivity contribution in [3.63, 3.8) is 0 Å². The predicted octanol–water partition coefficient (Wildman–Crippen LogP) is 14.6. The average molecular weight is 755 g/mol. The van der Waals surface area contributed by atoms with E-state index in [-0.39, 0.29) is 0 Å². The second-order valence-corrected chi connectivity index (χ2v) is 16.7. The van der Waals surface area contributed by atoms with Crippen molar-refractivity contribution in [1.82, 2.24) is 9.13 Å². The highest BCUT2D eigenvalue weighted by Crippen LogP contribution is 2.56. The van der Waals surface area contributed by atoms with Gasteiger partial charge >= 0.3 is 0 Å². The normalized spacial score (nSPS) is 13.3. The van der Waals surface area contributed by atoms with Crippen LogP contribution in [0, 0.1) is 0 Å². The maximum Gasteiger partial charge on any atom is 0.0714 e. The van der Waals surface area contributed by atoms with Crippen molar-refractivity contribution in [1.29, 1.82) is 0 Å². The summed E-state index contributed by atoms with van der Waals surface area (Å²) in [7, 11) is 0. The third-order valence-corrected chi connectivity index (χ3v) is 13.9. The summed E-state index contributed by atoms with van der Waals surface area (Å²) in [5.41, 5.74) is 14.4. The molecule has 0 saturated carbocycles. The van der Waals surface area contributed by atoms with E-state index in [0.29, 0.717) is 0 Å². The summed E-state index contributed by atoms with van der Waals surface area (Å²) in [6.45, 7) is 0. The van der Waals surface area contributed by atoms with Crippen molar-refractivity contribution in [3.05, 3.63) is 229 Å². The molecule has 0 atom stereocenters. The fraction of sp³-hybridized carbons (Fsp3) is 0.0182. The quantitative estimate of drug-likeness (QED) is 0.169. The molecule has 0 saturated heterocycles. The zero-order valence-corrected chi connectivity index (χ0v) is 32.2. The summed E-state index contributed by atoms with van der Waals surface area (Å²) in [6.07, 6.45) is 0. The van der Waals surface area contributed by atoms with Crippen LogP contribution in [0.2, 0.25) is 0 Å². The summed E-state index contributed by atoms with van der Waals surface area (Å²) in [5.74, 6) is 0. The maximum atomic E-state index is 2.50. The summed E-state index contributed by atoms with van der Waals surface area (Å²) in [5, 5.41) is 7.77. The van der Waals surface area contributed by atoms with Gasteiger partial charge in [-0.3, -0.25) is 0 Å². The van der Waals surface area contributed by atoms with E-state index in [4.69, 9.17) is 0 Å². The number of rotatable bonds is 4. The van der Waals surface area contributed by atoms with Crippen LogP contribution in [0.1, 0.15) is 22.3 Å². The zero-order chi connectivity index (χ0) is 38.0. The number of aromatic nitrogens is 2. The lowest BCUT2D eigenvalue weighted by atomic mass is 9.67. The molecule has 0 N–H and O–H groups in total. The van der Waals surface area contributed by atoms with Crippen LogP contribution >= 0.6 is 11.3 Å². The van der Waals surface area contributed by atoms with Gasteiger partial charge in [0.15, 0.2) is 0 Å². The van der Waals surface area contributed by atoms with Crippen LogP contribution in [0.25, 0.3) is 86.3 Å². The van der Waals surface area contributed by atoms with Crippen LogP contribution in [0.15, 0.2) is 206 Å². The molecule has 0 radical (unpaired) electrons. The van der Waals surface area contributed by atoms with E-state index in [1.54, 1.807) is 0 Å². The number of hydrogen-bond acceptors (Lipinski definition) is 1. The molecule has 270 valence electrons. The highest BCUT2D eigenvalue weighted by molar-refractivity contribution is 7.26. The van der Waals surface area contributed by atoms with Crippen LogP contribution in [-0.2, 0) is 5.41 Å². The average Bonchev–Trinajstić information content (AvgIpc) is 4.01. The van der Waals surface area contributed by atoms with Crippen LogP contribution < -0.4 is 0 Å². The fourth-order valence-electron chi connectivity index (χ4n) is 10.5. The molecule has 3 heteroatoms. The van der Waals surface area contributed by atoms with Gasteiger partial charge in [-0.2, -0.15) is 0 Å². The first-order chi connectivity index (χ1) is 28.8. The molecule has 3 aromatic heterocycles. The highest BCUT2D eigenvalue weighted by atomic mass is 32.1. The van der Waals surface area contributed by atoms with Gasteiger partial charge in [0.25, 0.3) is 0 Å². The molecular weight excluding hydrogens is 721 g/mol. The standard InChI is InChI=1S/C55H34N2S/c1-3-16-35(17-4-1)55(45-26-11-7-22-39(45)40-23-8-12-27-46(40)55)36-18-15-21-38(32-36)57-47-28-13-9-24-41(47)43-33-44-50(34-49(43)57)56(37-19-5-2-6-20-37)48-30-31-52-54(53(44)48)42-25-10-14-29-51(42)58-52/h1-34H. The van der Waals surface area contributed by atoms with Crippen LogP contribution in [0.3, 0.4) is 0 Å². The Labute approximate surface area is 339 Å². The predicted molar refractivity (Wildman–Crippen MR) is 245 cm³/mol. The maximum absolute atomic E-state index is 2.50. The lowest BCUT2D eigenvalue weighted by molar-refractivity contribution is 0.767. The Morgan fingerprint density at radius 3 is 1.72 bits per heavy atom. The Morgan fingerprint density at radius 1 is 0.328 bits per heavy atom. The third kappa shape index (κ3) is 4.16. The minimum Gasteiger partial charge on any atom is -0.309 e. The lowest BCUT2D eigenvalue weighted by Crippen LogP contribution is -2.28. The first-order valence-electron chi connectivity index (χ1n) is 20.0. The van der Waals surface area contributed by atoms with Crippen molar-refractivity contribution in [3.8, 4) is 22.5 Å². The van der Waals surface area contributed by atoms with Gasteiger partial charge in [-0.15, -0.1) is 11.3 Å². The van der Waals surface area contributed by atoms with Crippen LogP contribution in [0.5, 0.6) is 0 Å². The number of para-hydroxylation sites is 2. The molecule has 2 nitrogen and oxygen atoms in total. The van der Waals surface area contributed by atoms with E-state index in [1.807, 2.05) is 11.3 Å². The molecule has 58 heavy (non-hydrogen) atoms. The summed E-state index contributed by atoms with van der Waals surface area (Å²) < 4.78 is 7.62. The molecule has 0 fully saturated rings. The molecule has 0 bridgehead atoms. The van der Waals surface area contributed by atoms with Crippen molar-refractivity contribution in [2.24, 2.45) is 0 Å². The van der Waals surface area contributed by atoms with Gasteiger partial charge in [0.05, 0.1) is 27.5 Å². The molecule has 3 heterocycles. The van der Waals surface area contributed by atoms with E-state index < -0.39 is 5.41 Å². The molecule has 13 rings (SSSR count). The second-order valence-electron chi connectivity index (χ2n) is 15.6. The number of thiophene rings is 1. The monoisotopic (exact) mass is 754 g/mol. The molecule has 0 aliphatic heterocycles. The van der Waals surface area contributed by atoms with E-state index >= 15 is 0 Å². The topological polar surface area (TPSA) is 9.86 Å². The molecule has 12 aromatic rings. The summed E-state index contributed by atoms with van der Waals surface area (Å²) >= 11 is 1.89. The second kappa shape index (κ2) is 11.9. The fourth-order valence-corrected chi connectivity index (χ4v) is 11.6. The minimum atomic E-state index is -0.481. The van der Waals surface area contributed by atoms with Gasteiger partial charge < -0.3 is 9.13 Å². The Balaban J connectivity index is 1.15. The zero-order valence-electron chi connectivity index (χ0n) is 31.4. The van der Waals surface area contributed by atoms with Crippen LogP contribution in [-0.4, -0.2) is 9.13 Å². The first kappa shape index (κ1) is 31.9. The van der Waals surface area contributed by atoms with E-state index in [0.717, 1.165) is 11.4 Å². The van der Waals surface area contributed by atoms with E-state index in [2.05, 4.69) is 215 Å². The molecule has 1 aliphatic carbocycles. The van der Waals surface area contributed by atoms with E-state index in [1.165, 1.54) is 97.2 Å². The Kier molecular flexibility index (Phi) is 6.56. The van der Waals surface area contributed by atoms with Crippen molar-refractivity contribution in [2.75, 3.05) is 0 Å². The number of benzene rings is 9. The van der Waals surface area contributed by atoms with Gasteiger partial charge in [-0.25, -0.2) is 0 Å². The van der Waals surface area contributed by atoms with Gasteiger partial charge in [0, 0.05) is 53.1 Å². The summed E-state index contributed by atoms with van der Waals surface area (Å²) in [6, 6.07) is 76.7. The highest BCUT2D eigenvalue weighted by Gasteiger charge is 2.46. The van der Waals surface area contributed by atoms with Gasteiger partial charge in [0.2, 0.25) is 0 Å². The molecule has 1 aliphatic rings. The lowest BCUT2D eigenvalue weighted by Gasteiger charge is -2.34. The molecule has 9 aromatic carbocycles. The largest absolute Gasteiger partial charge is 0.309 e.